The molecule has 1 atom stereocenters. The van der Waals surface area contributed by atoms with Gasteiger partial charge in [-0.15, -0.1) is 0 Å². The molecule has 2 aromatic rings. The van der Waals surface area contributed by atoms with Gasteiger partial charge in [0.15, 0.2) is 0 Å². The Kier molecular flexibility index (Phi) is 7.11. The number of anilines is 2. The molecule has 0 bridgehead atoms. The molecule has 0 aliphatic rings. The number of nitro groups is 1. The minimum Gasteiger partial charge on any atom is -0.465 e. The lowest BCUT2D eigenvalue weighted by Gasteiger charge is -2.30. The van der Waals surface area contributed by atoms with E-state index in [1.807, 2.05) is 0 Å². The molecule has 0 radical (unpaired) electrons. The van der Waals surface area contributed by atoms with Crippen molar-refractivity contribution in [1.29, 1.82) is 0 Å². The molecule has 2 rings (SSSR count). The zero-order chi connectivity index (χ0) is 22.5. The molecule has 0 unspecified atom stereocenters. The van der Waals surface area contributed by atoms with Crippen molar-refractivity contribution in [3.05, 3.63) is 64.2 Å². The number of ether oxygens (including phenoxy) is 1. The quantitative estimate of drug-likeness (QED) is 0.382. The zero-order valence-electron chi connectivity index (χ0n) is 16.6. The molecular formula is C19H21N3O7S. The number of hydrogen-bond acceptors (Lipinski definition) is 7. The summed E-state index contributed by atoms with van der Waals surface area (Å²) in [6, 6.07) is 9.84. The summed E-state index contributed by atoms with van der Waals surface area (Å²) >= 11 is 0. The van der Waals surface area contributed by atoms with Crippen LogP contribution in [0.2, 0.25) is 0 Å². The van der Waals surface area contributed by atoms with E-state index in [1.165, 1.54) is 49.6 Å². The average molecular weight is 435 g/mol. The van der Waals surface area contributed by atoms with Crippen molar-refractivity contribution in [1.82, 2.24) is 0 Å². The van der Waals surface area contributed by atoms with Crippen LogP contribution >= 0.6 is 0 Å². The Morgan fingerprint density at radius 3 is 2.43 bits per heavy atom. The second-order valence-electron chi connectivity index (χ2n) is 6.32. The van der Waals surface area contributed by atoms with E-state index >= 15 is 0 Å². The fourth-order valence-corrected chi connectivity index (χ4v) is 4.07. The number of hydrogen-bond donors (Lipinski definition) is 1. The first-order chi connectivity index (χ1) is 14.1. The van der Waals surface area contributed by atoms with Gasteiger partial charge < -0.3 is 10.1 Å². The summed E-state index contributed by atoms with van der Waals surface area (Å²) in [4.78, 5) is 35.0. The standard InChI is InChI=1S/C19H21N3O7S/c1-4-17(18(23)20-14-8-5-7-13(11-14)19(24)29-2)21(30(3,27)28)15-9-6-10-16(12-15)22(25)26/h5-12,17H,4H2,1-3H3,(H,20,23)/t17-/m0/s1. The van der Waals surface area contributed by atoms with E-state index in [9.17, 15) is 28.1 Å². The predicted octanol–water partition coefficient (Wildman–Crippen LogP) is 2.56. The molecule has 160 valence electrons. The lowest BCUT2D eigenvalue weighted by Crippen LogP contribution is -2.47. The average Bonchev–Trinajstić information content (AvgIpc) is 2.70. The van der Waals surface area contributed by atoms with Crippen molar-refractivity contribution in [2.75, 3.05) is 23.0 Å². The molecule has 2 aromatic carbocycles. The summed E-state index contributed by atoms with van der Waals surface area (Å²) in [6.07, 6.45) is 1.01. The monoisotopic (exact) mass is 435 g/mol. The van der Waals surface area contributed by atoms with Gasteiger partial charge in [-0.3, -0.25) is 19.2 Å². The van der Waals surface area contributed by atoms with E-state index in [4.69, 9.17) is 0 Å². The third kappa shape index (κ3) is 5.32. The summed E-state index contributed by atoms with van der Waals surface area (Å²) in [5, 5.41) is 13.7. The van der Waals surface area contributed by atoms with Gasteiger partial charge in [-0.05, 0) is 30.7 Å². The Bertz CT molecular complexity index is 1070. The minimum atomic E-state index is -3.96. The van der Waals surface area contributed by atoms with E-state index in [2.05, 4.69) is 10.1 Å². The number of esters is 1. The van der Waals surface area contributed by atoms with Crippen molar-refractivity contribution in [2.24, 2.45) is 0 Å². The Morgan fingerprint density at radius 1 is 1.20 bits per heavy atom. The summed E-state index contributed by atoms with van der Waals surface area (Å²) < 4.78 is 30.4. The van der Waals surface area contributed by atoms with Crippen molar-refractivity contribution in [2.45, 2.75) is 19.4 Å². The van der Waals surface area contributed by atoms with E-state index in [-0.39, 0.29) is 29.0 Å². The summed E-state index contributed by atoms with van der Waals surface area (Å²) in [6.45, 7) is 1.62. The fourth-order valence-electron chi connectivity index (χ4n) is 2.87. The highest BCUT2D eigenvalue weighted by atomic mass is 32.2. The first-order valence-corrected chi connectivity index (χ1v) is 10.7. The molecule has 1 amide bonds. The predicted molar refractivity (Wildman–Crippen MR) is 111 cm³/mol. The van der Waals surface area contributed by atoms with E-state index < -0.39 is 32.9 Å². The zero-order valence-corrected chi connectivity index (χ0v) is 17.4. The smallest absolute Gasteiger partial charge is 0.337 e. The molecule has 0 aromatic heterocycles. The van der Waals surface area contributed by atoms with Crippen molar-refractivity contribution >= 4 is 39.0 Å². The largest absolute Gasteiger partial charge is 0.465 e. The maximum Gasteiger partial charge on any atom is 0.337 e. The first-order valence-electron chi connectivity index (χ1n) is 8.81. The van der Waals surface area contributed by atoms with Crippen LogP contribution in [0.3, 0.4) is 0 Å². The maximum atomic E-state index is 12.9. The maximum absolute atomic E-state index is 12.9. The summed E-state index contributed by atoms with van der Waals surface area (Å²) in [5.74, 6) is -1.25. The number of sulfonamides is 1. The van der Waals surface area contributed by atoms with Gasteiger partial charge in [0.2, 0.25) is 15.9 Å². The van der Waals surface area contributed by atoms with Crippen LogP contribution in [-0.2, 0) is 19.6 Å². The normalized spacial score (nSPS) is 12.0. The van der Waals surface area contributed by atoms with E-state index in [1.54, 1.807) is 6.92 Å². The van der Waals surface area contributed by atoms with Crippen LogP contribution in [0.25, 0.3) is 0 Å². The van der Waals surface area contributed by atoms with E-state index in [0.29, 0.717) is 0 Å². The fraction of sp³-hybridized carbons (Fsp3) is 0.263. The number of benzene rings is 2. The minimum absolute atomic E-state index is 0.00277. The molecule has 0 fully saturated rings. The van der Waals surface area contributed by atoms with Crippen LogP contribution in [0.1, 0.15) is 23.7 Å². The molecule has 11 heteroatoms. The molecule has 0 saturated carbocycles. The van der Waals surface area contributed by atoms with Gasteiger partial charge in [-0.2, -0.15) is 0 Å². The first kappa shape index (κ1) is 22.8. The number of amides is 1. The summed E-state index contributed by atoms with van der Waals surface area (Å²) in [5.41, 5.74) is 0.176. The Morgan fingerprint density at radius 2 is 1.87 bits per heavy atom. The molecule has 0 saturated heterocycles. The second-order valence-corrected chi connectivity index (χ2v) is 8.18. The number of rotatable bonds is 8. The SMILES string of the molecule is CC[C@@H](C(=O)Nc1cccc(C(=O)OC)c1)N(c1cccc([N+](=O)[O-])c1)S(C)(=O)=O. The second kappa shape index (κ2) is 9.35. The van der Waals surface area contributed by atoms with Crippen LogP contribution in [0, 0.1) is 10.1 Å². The highest BCUT2D eigenvalue weighted by Crippen LogP contribution is 2.27. The highest BCUT2D eigenvalue weighted by molar-refractivity contribution is 7.92. The molecule has 1 N–H and O–H groups in total. The van der Waals surface area contributed by atoms with Gasteiger partial charge in [0, 0.05) is 17.8 Å². The molecule has 0 aliphatic carbocycles. The van der Waals surface area contributed by atoms with Crippen LogP contribution in [-0.4, -0.2) is 44.6 Å². The highest BCUT2D eigenvalue weighted by Gasteiger charge is 2.32. The van der Waals surface area contributed by atoms with E-state index in [0.717, 1.165) is 16.6 Å². The number of nitrogens with one attached hydrogen (secondary N) is 1. The van der Waals surface area contributed by atoms with Gasteiger partial charge in [0.1, 0.15) is 6.04 Å². The van der Waals surface area contributed by atoms with Gasteiger partial charge in [0.25, 0.3) is 5.69 Å². The number of nitro benzene ring substituents is 1. The lowest BCUT2D eigenvalue weighted by atomic mass is 10.1. The molecule has 10 nitrogen and oxygen atoms in total. The third-order valence-corrected chi connectivity index (χ3v) is 5.36. The van der Waals surface area contributed by atoms with Crippen molar-refractivity contribution in [3.8, 4) is 0 Å². The van der Waals surface area contributed by atoms with Crippen LogP contribution < -0.4 is 9.62 Å². The summed E-state index contributed by atoms with van der Waals surface area (Å²) in [7, 11) is -2.73. The third-order valence-electron chi connectivity index (χ3n) is 4.18. The van der Waals surface area contributed by atoms with Gasteiger partial charge >= 0.3 is 5.97 Å². The number of nitrogens with zero attached hydrogens (tertiary/aromatic N) is 2. The molecule has 30 heavy (non-hydrogen) atoms. The number of methoxy groups -OCH3 is 1. The van der Waals surface area contributed by atoms with Crippen LogP contribution in [0.5, 0.6) is 0 Å². The Hall–Kier alpha value is -3.47. The van der Waals surface area contributed by atoms with Crippen LogP contribution in [0.15, 0.2) is 48.5 Å². The number of carbonyl (C=O) groups excluding carboxylic acids is 2. The molecule has 0 spiro atoms. The topological polar surface area (TPSA) is 136 Å². The van der Waals surface area contributed by atoms with Gasteiger partial charge in [-0.25, -0.2) is 13.2 Å². The Balaban J connectivity index is 2.41. The number of carbonyl (C=O) groups is 2. The lowest BCUT2D eigenvalue weighted by molar-refractivity contribution is -0.384. The van der Waals surface area contributed by atoms with Crippen LogP contribution in [0.4, 0.5) is 17.1 Å². The molecule has 0 aliphatic heterocycles. The Labute approximate surface area is 173 Å². The van der Waals surface area contributed by atoms with Crippen molar-refractivity contribution in [3.63, 3.8) is 0 Å². The number of non-ortho nitro benzene ring substituents is 1. The van der Waals surface area contributed by atoms with Gasteiger partial charge in [-0.1, -0.05) is 19.1 Å². The van der Waals surface area contributed by atoms with Crippen molar-refractivity contribution < 1.29 is 27.7 Å². The molecular weight excluding hydrogens is 414 g/mol. The molecule has 0 heterocycles. The van der Waals surface area contributed by atoms with Gasteiger partial charge in [0.05, 0.1) is 29.5 Å².